The Labute approximate surface area is 200 Å². The number of aromatic nitrogens is 1. The zero-order valence-corrected chi connectivity index (χ0v) is 20.2. The first-order valence-electron chi connectivity index (χ1n) is 11.8. The van der Waals surface area contributed by atoms with E-state index < -0.39 is 5.60 Å². The highest BCUT2D eigenvalue weighted by Gasteiger charge is 2.38. The molecule has 1 saturated carbocycles. The lowest BCUT2D eigenvalue weighted by Gasteiger charge is -2.36. The quantitative estimate of drug-likeness (QED) is 0.546. The molecule has 33 heavy (non-hydrogen) atoms. The van der Waals surface area contributed by atoms with E-state index in [2.05, 4.69) is 22.4 Å². The molecular formula is C26H31ClN2O4. The summed E-state index contributed by atoms with van der Waals surface area (Å²) in [6.07, 6.45) is 5.43. The molecule has 0 bridgehead atoms. The number of hydrogen-bond donors (Lipinski definition) is 1. The minimum absolute atomic E-state index is 0.0551. The Balaban J connectivity index is 1.35. The third-order valence-corrected chi connectivity index (χ3v) is 7.06. The van der Waals surface area contributed by atoms with E-state index in [1.165, 1.54) is 5.56 Å². The van der Waals surface area contributed by atoms with Gasteiger partial charge in [0.05, 0.1) is 16.6 Å². The van der Waals surface area contributed by atoms with Gasteiger partial charge in [-0.05, 0) is 87.6 Å². The van der Waals surface area contributed by atoms with Crippen LogP contribution in [0.15, 0.2) is 24.4 Å². The standard InChI is InChI=1S/C26H31ClN2O4/c1-26(2,3)33-25(30)18-10-16(11-18)17-12-21(27)23-22(13-17)29-24-20(14-32-23)19(4-7-28-24)15-5-8-31-9-6-15/h4,7,12-13,15-16,18H,5-6,8-11,14H2,1-3H3,(H,28,29). The molecule has 2 fully saturated rings. The summed E-state index contributed by atoms with van der Waals surface area (Å²) >= 11 is 6.67. The van der Waals surface area contributed by atoms with Crippen molar-refractivity contribution < 1.29 is 19.0 Å². The van der Waals surface area contributed by atoms with Crippen molar-refractivity contribution >= 4 is 29.1 Å². The van der Waals surface area contributed by atoms with E-state index in [0.717, 1.165) is 61.5 Å². The van der Waals surface area contributed by atoms with Gasteiger partial charge in [0.25, 0.3) is 0 Å². The van der Waals surface area contributed by atoms with Crippen molar-refractivity contribution in [1.29, 1.82) is 0 Å². The molecule has 1 saturated heterocycles. The second kappa shape index (κ2) is 8.80. The minimum Gasteiger partial charge on any atom is -0.485 e. The van der Waals surface area contributed by atoms with E-state index in [1.807, 2.05) is 33.0 Å². The van der Waals surface area contributed by atoms with Crippen LogP contribution in [0.25, 0.3) is 0 Å². The van der Waals surface area contributed by atoms with Gasteiger partial charge >= 0.3 is 5.97 Å². The lowest BCUT2D eigenvalue weighted by molar-refractivity contribution is -0.163. The molecule has 0 amide bonds. The lowest BCUT2D eigenvalue weighted by atomic mass is 9.71. The number of halogens is 1. The summed E-state index contributed by atoms with van der Waals surface area (Å²) < 4.78 is 17.3. The van der Waals surface area contributed by atoms with E-state index in [4.69, 9.17) is 25.8 Å². The van der Waals surface area contributed by atoms with E-state index in [9.17, 15) is 4.79 Å². The van der Waals surface area contributed by atoms with Crippen molar-refractivity contribution in [3.8, 4) is 5.75 Å². The molecule has 3 aliphatic rings. The van der Waals surface area contributed by atoms with Gasteiger partial charge in [0.2, 0.25) is 0 Å². The van der Waals surface area contributed by atoms with E-state index >= 15 is 0 Å². The molecule has 3 heterocycles. The van der Waals surface area contributed by atoms with Crippen LogP contribution in [-0.2, 0) is 20.9 Å². The number of anilines is 2. The average Bonchev–Trinajstić information content (AvgIpc) is 2.91. The van der Waals surface area contributed by atoms with Crippen LogP contribution < -0.4 is 10.1 Å². The van der Waals surface area contributed by atoms with Gasteiger partial charge in [-0.25, -0.2) is 4.98 Å². The first-order valence-corrected chi connectivity index (χ1v) is 12.2. The fourth-order valence-electron chi connectivity index (χ4n) is 4.99. The number of esters is 1. The van der Waals surface area contributed by atoms with Gasteiger partial charge in [0, 0.05) is 25.0 Å². The Hall–Kier alpha value is -2.31. The molecule has 1 aromatic carbocycles. The summed E-state index contributed by atoms with van der Waals surface area (Å²) in [4.78, 5) is 17.0. The van der Waals surface area contributed by atoms with Crippen LogP contribution in [0.3, 0.4) is 0 Å². The number of rotatable bonds is 3. The molecule has 1 aromatic heterocycles. The van der Waals surface area contributed by atoms with Crippen LogP contribution in [0.5, 0.6) is 5.75 Å². The predicted molar refractivity (Wildman–Crippen MR) is 127 cm³/mol. The molecule has 5 rings (SSSR count). The van der Waals surface area contributed by atoms with Gasteiger partial charge in [-0.15, -0.1) is 0 Å². The summed E-state index contributed by atoms with van der Waals surface area (Å²) in [5, 5.41) is 4.07. The SMILES string of the molecule is CC(C)(C)OC(=O)C1CC(c2cc(Cl)c3c(c2)Nc2nccc(C4CCOCC4)c2CO3)C1. The van der Waals surface area contributed by atoms with E-state index in [0.29, 0.717) is 23.3 Å². The summed E-state index contributed by atoms with van der Waals surface area (Å²) in [5.74, 6) is 2.04. The Morgan fingerprint density at radius 2 is 1.94 bits per heavy atom. The lowest BCUT2D eigenvalue weighted by Crippen LogP contribution is -2.35. The zero-order valence-electron chi connectivity index (χ0n) is 19.4. The molecule has 2 aliphatic heterocycles. The molecule has 2 aromatic rings. The van der Waals surface area contributed by atoms with Crippen LogP contribution >= 0.6 is 11.6 Å². The van der Waals surface area contributed by atoms with Crippen molar-refractivity contribution in [2.45, 2.75) is 70.5 Å². The molecule has 176 valence electrons. The van der Waals surface area contributed by atoms with Crippen LogP contribution in [-0.4, -0.2) is 29.8 Å². The molecule has 1 N–H and O–H groups in total. The fourth-order valence-corrected chi connectivity index (χ4v) is 5.27. The molecule has 6 nitrogen and oxygen atoms in total. The van der Waals surface area contributed by atoms with Gasteiger partial charge in [-0.2, -0.15) is 0 Å². The third kappa shape index (κ3) is 4.69. The molecule has 7 heteroatoms. The second-order valence-corrected chi connectivity index (χ2v) is 10.7. The molecule has 0 unspecified atom stereocenters. The molecule has 1 aliphatic carbocycles. The highest BCUT2D eigenvalue weighted by Crippen LogP contribution is 2.48. The van der Waals surface area contributed by atoms with Crippen molar-refractivity contribution in [3.05, 3.63) is 46.1 Å². The summed E-state index contributed by atoms with van der Waals surface area (Å²) in [6, 6.07) is 6.17. The predicted octanol–water partition coefficient (Wildman–Crippen LogP) is 6.10. The maximum atomic E-state index is 12.4. The largest absolute Gasteiger partial charge is 0.485 e. The Morgan fingerprint density at radius 3 is 2.67 bits per heavy atom. The van der Waals surface area contributed by atoms with E-state index in [-0.39, 0.29) is 17.8 Å². The van der Waals surface area contributed by atoms with Crippen LogP contribution in [0, 0.1) is 5.92 Å². The summed E-state index contributed by atoms with van der Waals surface area (Å²) in [7, 11) is 0. The monoisotopic (exact) mass is 470 g/mol. The van der Waals surface area contributed by atoms with Crippen molar-refractivity contribution in [2.75, 3.05) is 18.5 Å². The fraction of sp³-hybridized carbons (Fsp3) is 0.538. The van der Waals surface area contributed by atoms with Gasteiger partial charge < -0.3 is 19.5 Å². The smallest absolute Gasteiger partial charge is 0.309 e. The number of benzene rings is 1. The number of carbonyl (C=O) groups is 1. The number of fused-ring (bicyclic) bond motifs is 2. The number of hydrogen-bond acceptors (Lipinski definition) is 6. The number of ether oxygens (including phenoxy) is 3. The number of nitrogens with zero attached hydrogens (tertiary/aromatic N) is 1. The minimum atomic E-state index is -0.458. The van der Waals surface area contributed by atoms with Gasteiger partial charge in [0.15, 0.2) is 5.75 Å². The first-order chi connectivity index (χ1) is 15.8. The zero-order chi connectivity index (χ0) is 23.2. The van der Waals surface area contributed by atoms with Crippen molar-refractivity contribution in [2.24, 2.45) is 5.92 Å². The molecule has 0 radical (unpaired) electrons. The summed E-state index contributed by atoms with van der Waals surface area (Å²) in [5.41, 5.74) is 3.85. The highest BCUT2D eigenvalue weighted by atomic mass is 35.5. The Bertz CT molecular complexity index is 1050. The Kier molecular flexibility index (Phi) is 6.00. The summed E-state index contributed by atoms with van der Waals surface area (Å²) in [6.45, 7) is 7.71. The maximum Gasteiger partial charge on any atom is 0.309 e. The molecular weight excluding hydrogens is 440 g/mol. The van der Waals surface area contributed by atoms with Crippen molar-refractivity contribution in [3.63, 3.8) is 0 Å². The van der Waals surface area contributed by atoms with E-state index in [1.54, 1.807) is 0 Å². The number of pyridine rings is 1. The molecule has 0 spiro atoms. The van der Waals surface area contributed by atoms with Crippen molar-refractivity contribution in [1.82, 2.24) is 4.98 Å². The molecule has 0 atom stereocenters. The van der Waals surface area contributed by atoms with Crippen LogP contribution in [0.1, 0.15) is 75.0 Å². The average molecular weight is 471 g/mol. The van der Waals surface area contributed by atoms with Crippen LogP contribution in [0.2, 0.25) is 5.02 Å². The highest BCUT2D eigenvalue weighted by molar-refractivity contribution is 6.32. The Morgan fingerprint density at radius 1 is 1.18 bits per heavy atom. The van der Waals surface area contributed by atoms with Gasteiger partial charge in [0.1, 0.15) is 18.0 Å². The topological polar surface area (TPSA) is 69.7 Å². The first kappa shape index (κ1) is 22.5. The maximum absolute atomic E-state index is 12.4. The van der Waals surface area contributed by atoms with Gasteiger partial charge in [-0.1, -0.05) is 11.6 Å². The second-order valence-electron chi connectivity index (χ2n) is 10.3. The number of nitrogens with one attached hydrogen (secondary N) is 1. The van der Waals surface area contributed by atoms with Crippen LogP contribution in [0.4, 0.5) is 11.5 Å². The normalized spacial score (nSPS) is 22.7. The third-order valence-electron chi connectivity index (χ3n) is 6.78. The number of carbonyl (C=O) groups excluding carboxylic acids is 1. The van der Waals surface area contributed by atoms with Gasteiger partial charge in [-0.3, -0.25) is 4.79 Å².